The Balaban J connectivity index is 1.57. The van der Waals surface area contributed by atoms with Gasteiger partial charge in [0, 0.05) is 25.2 Å². The molecule has 6 rings (SSSR count). The number of hydrogen-bond acceptors (Lipinski definition) is 7. The molecule has 0 radical (unpaired) electrons. The number of hydrogen-bond donors (Lipinski definition) is 0. The normalized spacial score (nSPS) is 25.8. The molecule has 0 spiro atoms. The van der Waals surface area contributed by atoms with Crippen LogP contribution in [0.5, 0.6) is 5.75 Å². The number of nitrogens with zero attached hydrogens (tertiary/aromatic N) is 4. The van der Waals surface area contributed by atoms with Crippen molar-refractivity contribution in [1.82, 2.24) is 10.0 Å². The Labute approximate surface area is 207 Å². The Morgan fingerprint density at radius 3 is 2.42 bits per heavy atom. The number of benzene rings is 3. The van der Waals surface area contributed by atoms with Crippen LogP contribution in [0.15, 0.2) is 78.9 Å². The molecule has 0 N–H and O–H groups in total. The second kappa shape index (κ2) is 8.25. The highest BCUT2D eigenvalue weighted by Crippen LogP contribution is 2.59. The predicted octanol–water partition coefficient (Wildman–Crippen LogP) is 3.67. The number of nitro groups is 1. The van der Waals surface area contributed by atoms with Crippen molar-refractivity contribution in [3.05, 3.63) is 100 Å². The molecule has 36 heavy (non-hydrogen) atoms. The SMILES string of the molecule is COc1ccc(C2C3C(=O)N(c4cccc([N+](=O)[O-])c4)C(=O)C3(c3ccccc3)N3CCCN23)cc1. The van der Waals surface area contributed by atoms with Crippen molar-refractivity contribution in [1.29, 1.82) is 0 Å². The minimum absolute atomic E-state index is 0.173. The predicted molar refractivity (Wildman–Crippen MR) is 131 cm³/mol. The lowest BCUT2D eigenvalue weighted by atomic mass is 9.75. The van der Waals surface area contributed by atoms with Crippen molar-refractivity contribution in [2.24, 2.45) is 5.92 Å². The van der Waals surface area contributed by atoms with Crippen molar-refractivity contribution < 1.29 is 19.2 Å². The fraction of sp³-hybridized carbons (Fsp3) is 0.259. The van der Waals surface area contributed by atoms with Gasteiger partial charge < -0.3 is 4.74 Å². The molecule has 3 aliphatic rings. The van der Waals surface area contributed by atoms with Gasteiger partial charge in [-0.05, 0) is 35.7 Å². The number of fused-ring (bicyclic) bond motifs is 3. The molecule has 0 bridgehead atoms. The van der Waals surface area contributed by atoms with Gasteiger partial charge in [-0.3, -0.25) is 19.7 Å². The second-order valence-corrected chi connectivity index (χ2v) is 9.22. The third-order valence-corrected chi connectivity index (χ3v) is 7.55. The van der Waals surface area contributed by atoms with Crippen LogP contribution < -0.4 is 9.64 Å². The number of carbonyl (C=O) groups excluding carboxylic acids is 2. The molecule has 3 aliphatic heterocycles. The molecule has 3 aromatic rings. The standard InChI is InChI=1S/C27H24N4O5/c1-36-22-13-11-18(12-14-22)24-23-25(32)30(20-9-5-10-21(17-20)31(34)35)26(33)27(23,19-7-3-2-4-8-19)29-16-6-15-28(24)29/h2-5,7-14,17,23-24H,6,15-16H2,1H3. The van der Waals surface area contributed by atoms with E-state index in [1.807, 2.05) is 54.6 Å². The molecule has 0 aliphatic carbocycles. The summed E-state index contributed by atoms with van der Waals surface area (Å²) in [5.41, 5.74) is 0.442. The van der Waals surface area contributed by atoms with Gasteiger partial charge in [-0.15, -0.1) is 0 Å². The first-order valence-electron chi connectivity index (χ1n) is 11.8. The maximum atomic E-state index is 14.5. The summed E-state index contributed by atoms with van der Waals surface area (Å²) in [5.74, 6) is -0.775. The van der Waals surface area contributed by atoms with Crippen molar-refractivity contribution >= 4 is 23.2 Å². The number of carbonyl (C=O) groups is 2. The smallest absolute Gasteiger partial charge is 0.271 e. The van der Waals surface area contributed by atoms with Gasteiger partial charge >= 0.3 is 0 Å². The largest absolute Gasteiger partial charge is 0.497 e. The number of methoxy groups -OCH3 is 1. The fourth-order valence-corrected chi connectivity index (χ4v) is 6.13. The fourth-order valence-electron chi connectivity index (χ4n) is 6.13. The summed E-state index contributed by atoms with van der Waals surface area (Å²) in [6.45, 7) is 1.35. The molecule has 0 saturated carbocycles. The van der Waals surface area contributed by atoms with E-state index in [1.165, 1.54) is 18.2 Å². The minimum Gasteiger partial charge on any atom is -0.497 e. The van der Waals surface area contributed by atoms with Crippen molar-refractivity contribution in [3.63, 3.8) is 0 Å². The molecule has 9 nitrogen and oxygen atoms in total. The molecular weight excluding hydrogens is 460 g/mol. The maximum absolute atomic E-state index is 14.5. The summed E-state index contributed by atoms with van der Waals surface area (Å²) in [7, 11) is 1.60. The van der Waals surface area contributed by atoms with E-state index in [9.17, 15) is 19.7 Å². The highest BCUT2D eigenvalue weighted by atomic mass is 16.6. The summed E-state index contributed by atoms with van der Waals surface area (Å²) in [4.78, 5) is 40.8. The highest BCUT2D eigenvalue weighted by Gasteiger charge is 2.73. The lowest BCUT2D eigenvalue weighted by Gasteiger charge is -2.36. The van der Waals surface area contributed by atoms with E-state index in [-0.39, 0.29) is 29.2 Å². The number of nitro benzene ring substituents is 1. The Hall–Kier alpha value is -4.08. The number of rotatable bonds is 5. The van der Waals surface area contributed by atoms with Gasteiger partial charge in [-0.25, -0.2) is 14.9 Å². The Morgan fingerprint density at radius 1 is 0.972 bits per heavy atom. The van der Waals surface area contributed by atoms with Crippen LogP contribution in [0.1, 0.15) is 23.6 Å². The number of imide groups is 1. The molecule has 3 aromatic carbocycles. The number of anilines is 1. The molecule has 3 saturated heterocycles. The summed E-state index contributed by atoms with van der Waals surface area (Å²) in [5, 5.41) is 15.7. The van der Waals surface area contributed by atoms with E-state index >= 15 is 0 Å². The zero-order valence-corrected chi connectivity index (χ0v) is 19.6. The zero-order valence-electron chi connectivity index (χ0n) is 19.6. The van der Waals surface area contributed by atoms with Crippen LogP contribution in [0.25, 0.3) is 0 Å². The van der Waals surface area contributed by atoms with Gasteiger partial charge in [0.05, 0.1) is 29.7 Å². The van der Waals surface area contributed by atoms with Crippen LogP contribution in [0.3, 0.4) is 0 Å². The summed E-state index contributed by atoms with van der Waals surface area (Å²) in [6.07, 6.45) is 0.853. The summed E-state index contributed by atoms with van der Waals surface area (Å²) >= 11 is 0. The Kier molecular flexibility index (Phi) is 5.13. The quantitative estimate of drug-likeness (QED) is 0.310. The highest BCUT2D eigenvalue weighted by molar-refractivity contribution is 6.26. The van der Waals surface area contributed by atoms with E-state index in [0.29, 0.717) is 12.3 Å². The topological polar surface area (TPSA) is 96.2 Å². The first-order valence-corrected chi connectivity index (χ1v) is 11.8. The third kappa shape index (κ3) is 2.96. The van der Waals surface area contributed by atoms with Crippen LogP contribution in [0.4, 0.5) is 11.4 Å². The number of ether oxygens (including phenoxy) is 1. The van der Waals surface area contributed by atoms with Gasteiger partial charge in [0.1, 0.15) is 5.75 Å². The van der Waals surface area contributed by atoms with E-state index in [4.69, 9.17) is 4.74 Å². The van der Waals surface area contributed by atoms with E-state index in [1.54, 1.807) is 13.2 Å². The molecule has 182 valence electrons. The zero-order chi connectivity index (χ0) is 25.0. The van der Waals surface area contributed by atoms with Crippen LogP contribution in [-0.4, -0.2) is 47.0 Å². The maximum Gasteiger partial charge on any atom is 0.271 e. The lowest BCUT2D eigenvalue weighted by Crippen LogP contribution is -2.52. The number of hydrazine groups is 1. The van der Waals surface area contributed by atoms with Crippen molar-refractivity contribution in [2.75, 3.05) is 25.1 Å². The molecule has 3 unspecified atom stereocenters. The summed E-state index contributed by atoms with van der Waals surface area (Å²) < 4.78 is 5.33. The summed E-state index contributed by atoms with van der Waals surface area (Å²) in [6, 6.07) is 22.3. The molecule has 2 amide bonds. The van der Waals surface area contributed by atoms with Gasteiger partial charge in [-0.2, -0.15) is 0 Å². The van der Waals surface area contributed by atoms with Gasteiger partial charge in [0.25, 0.3) is 11.6 Å². The lowest BCUT2D eigenvalue weighted by molar-refractivity contribution is -0.384. The Bertz CT molecular complexity index is 1360. The molecule has 3 atom stereocenters. The average Bonchev–Trinajstić information content (AvgIpc) is 3.55. The van der Waals surface area contributed by atoms with Crippen LogP contribution >= 0.6 is 0 Å². The molecule has 3 fully saturated rings. The van der Waals surface area contributed by atoms with E-state index in [0.717, 1.165) is 29.0 Å². The average molecular weight is 485 g/mol. The number of amides is 2. The van der Waals surface area contributed by atoms with Crippen molar-refractivity contribution in [2.45, 2.75) is 18.0 Å². The van der Waals surface area contributed by atoms with Crippen LogP contribution in [0, 0.1) is 16.0 Å². The number of non-ortho nitro benzene ring substituents is 1. The van der Waals surface area contributed by atoms with E-state index in [2.05, 4.69) is 10.0 Å². The second-order valence-electron chi connectivity index (χ2n) is 9.22. The van der Waals surface area contributed by atoms with Gasteiger partial charge in [-0.1, -0.05) is 48.5 Å². The molecule has 3 heterocycles. The first-order chi connectivity index (χ1) is 17.5. The molecule has 9 heteroatoms. The third-order valence-electron chi connectivity index (χ3n) is 7.55. The molecular formula is C27H24N4O5. The van der Waals surface area contributed by atoms with E-state index < -0.39 is 16.4 Å². The van der Waals surface area contributed by atoms with Gasteiger partial charge in [0.2, 0.25) is 5.91 Å². The Morgan fingerprint density at radius 2 is 1.72 bits per heavy atom. The van der Waals surface area contributed by atoms with Crippen LogP contribution in [0.2, 0.25) is 0 Å². The van der Waals surface area contributed by atoms with Gasteiger partial charge in [0.15, 0.2) is 5.54 Å². The van der Waals surface area contributed by atoms with Crippen molar-refractivity contribution in [3.8, 4) is 5.75 Å². The monoisotopic (exact) mass is 484 g/mol. The van der Waals surface area contributed by atoms with Crippen LogP contribution in [-0.2, 0) is 15.1 Å². The minimum atomic E-state index is -1.25. The first kappa shape index (κ1) is 22.4. The molecule has 0 aromatic heterocycles.